The van der Waals surface area contributed by atoms with E-state index in [-0.39, 0.29) is 4.90 Å². The first-order valence-corrected chi connectivity index (χ1v) is 9.89. The van der Waals surface area contributed by atoms with Gasteiger partial charge in [-0.3, -0.25) is 4.72 Å². The molecule has 7 heteroatoms. The minimum atomic E-state index is -3.61. The summed E-state index contributed by atoms with van der Waals surface area (Å²) in [5, 5.41) is 6.45. The molecule has 0 unspecified atom stereocenters. The summed E-state index contributed by atoms with van der Waals surface area (Å²) >= 11 is 1.35. The molecule has 1 aromatic carbocycles. The van der Waals surface area contributed by atoms with Gasteiger partial charge in [-0.1, -0.05) is 6.07 Å². The Hall–Kier alpha value is -2.09. The van der Waals surface area contributed by atoms with E-state index in [4.69, 9.17) is 4.42 Å². The normalized spacial score (nSPS) is 11.5. The van der Waals surface area contributed by atoms with Gasteiger partial charge in [0.05, 0.1) is 16.8 Å². The van der Waals surface area contributed by atoms with E-state index in [1.165, 1.54) is 11.3 Å². The molecule has 0 radical (unpaired) electrons. The molecule has 3 aromatic rings. The van der Waals surface area contributed by atoms with E-state index in [0.717, 1.165) is 24.1 Å². The quantitative estimate of drug-likeness (QED) is 0.674. The lowest BCUT2D eigenvalue weighted by atomic mass is 10.0. The number of benzene rings is 1. The Morgan fingerprint density at radius 3 is 2.75 bits per heavy atom. The number of hydrogen-bond acceptors (Lipinski definition) is 5. The Morgan fingerprint density at radius 2 is 2.08 bits per heavy atom. The van der Waals surface area contributed by atoms with E-state index in [1.54, 1.807) is 35.2 Å². The minimum absolute atomic E-state index is 0.261. The topological polar surface area (TPSA) is 71.3 Å². The molecule has 0 aliphatic heterocycles. The fourth-order valence-electron chi connectivity index (χ4n) is 2.35. The zero-order chi connectivity index (χ0) is 17.0. The number of anilines is 1. The molecule has 2 aromatic heterocycles. The first kappa shape index (κ1) is 16.8. The Balaban J connectivity index is 1.98. The van der Waals surface area contributed by atoms with Crippen LogP contribution in [0.1, 0.15) is 5.56 Å². The van der Waals surface area contributed by atoms with Gasteiger partial charge in [0.1, 0.15) is 5.76 Å². The first-order valence-electron chi connectivity index (χ1n) is 7.46. The van der Waals surface area contributed by atoms with Gasteiger partial charge in [0.15, 0.2) is 0 Å². The van der Waals surface area contributed by atoms with Crippen molar-refractivity contribution in [3.63, 3.8) is 0 Å². The molecular formula is C17H18N2O3S2. The smallest absolute Gasteiger partial charge is 0.262 e. The van der Waals surface area contributed by atoms with Crippen molar-refractivity contribution in [3.8, 4) is 11.3 Å². The lowest BCUT2D eigenvalue weighted by Gasteiger charge is -2.12. The first-order chi connectivity index (χ1) is 11.6. The van der Waals surface area contributed by atoms with Crippen molar-refractivity contribution in [2.75, 3.05) is 18.3 Å². The summed E-state index contributed by atoms with van der Waals surface area (Å²) in [5.41, 5.74) is 2.34. The number of sulfonamides is 1. The molecule has 0 saturated heterocycles. The third-order valence-corrected chi connectivity index (χ3v) is 5.78. The zero-order valence-corrected chi connectivity index (χ0v) is 14.8. The van der Waals surface area contributed by atoms with E-state index in [0.29, 0.717) is 11.4 Å². The zero-order valence-electron chi connectivity index (χ0n) is 13.2. The van der Waals surface area contributed by atoms with Crippen LogP contribution in [0.25, 0.3) is 11.3 Å². The summed E-state index contributed by atoms with van der Waals surface area (Å²) < 4.78 is 33.1. The summed E-state index contributed by atoms with van der Waals surface area (Å²) in [4.78, 5) is 0.261. The van der Waals surface area contributed by atoms with Crippen LogP contribution in [0.3, 0.4) is 0 Å². The highest BCUT2D eigenvalue weighted by molar-refractivity contribution is 7.92. The molecule has 24 heavy (non-hydrogen) atoms. The van der Waals surface area contributed by atoms with Crippen LogP contribution in [0.2, 0.25) is 0 Å². The number of likely N-dealkylation sites (N-methyl/N-ethyl adjacent to an activating group) is 1. The van der Waals surface area contributed by atoms with Crippen molar-refractivity contribution in [2.24, 2.45) is 0 Å². The maximum atomic E-state index is 12.5. The van der Waals surface area contributed by atoms with Crippen molar-refractivity contribution in [2.45, 2.75) is 11.3 Å². The van der Waals surface area contributed by atoms with Crippen molar-refractivity contribution < 1.29 is 12.8 Å². The second kappa shape index (κ2) is 7.21. The van der Waals surface area contributed by atoms with Crippen LogP contribution in [-0.2, 0) is 16.4 Å². The van der Waals surface area contributed by atoms with Crippen LogP contribution in [0.5, 0.6) is 0 Å². The van der Waals surface area contributed by atoms with Crippen molar-refractivity contribution in [3.05, 3.63) is 59.0 Å². The van der Waals surface area contributed by atoms with E-state index in [2.05, 4.69) is 10.0 Å². The number of nitrogens with one attached hydrogen (secondary N) is 2. The average Bonchev–Trinajstić information content (AvgIpc) is 3.27. The van der Waals surface area contributed by atoms with Crippen LogP contribution in [0.4, 0.5) is 5.69 Å². The second-order valence-corrected chi connectivity index (χ2v) is 7.74. The molecule has 0 atom stereocenters. The van der Waals surface area contributed by atoms with Crippen LogP contribution in [0, 0.1) is 0 Å². The molecule has 0 bridgehead atoms. The average molecular weight is 362 g/mol. The SMILES string of the molecule is CNCCc1ccc(NS(=O)(=O)c2ccsc2)c(-c2ccco2)c1. The van der Waals surface area contributed by atoms with Gasteiger partial charge in [-0.2, -0.15) is 11.3 Å². The Bertz CT molecular complexity index is 886. The lowest BCUT2D eigenvalue weighted by molar-refractivity contribution is 0.582. The maximum absolute atomic E-state index is 12.5. The standard InChI is InChI=1S/C17H18N2O3S2/c1-18-8-6-13-4-5-16(15(11-13)17-3-2-9-22-17)19-24(20,21)14-7-10-23-12-14/h2-5,7,9-12,18-19H,6,8H2,1H3. The summed E-state index contributed by atoms with van der Waals surface area (Å²) in [6.45, 7) is 0.845. The minimum Gasteiger partial charge on any atom is -0.464 e. The number of thiophene rings is 1. The van der Waals surface area contributed by atoms with Crippen LogP contribution in [-0.4, -0.2) is 22.0 Å². The third-order valence-electron chi connectivity index (χ3n) is 3.58. The van der Waals surface area contributed by atoms with Crippen molar-refractivity contribution in [1.29, 1.82) is 0 Å². The molecule has 0 spiro atoms. The van der Waals surface area contributed by atoms with Gasteiger partial charge in [0.2, 0.25) is 0 Å². The summed E-state index contributed by atoms with van der Waals surface area (Å²) in [5.74, 6) is 0.629. The predicted octanol–water partition coefficient (Wildman–Crippen LogP) is 3.57. The third kappa shape index (κ3) is 3.69. The highest BCUT2D eigenvalue weighted by atomic mass is 32.2. The molecule has 2 heterocycles. The molecule has 0 fully saturated rings. The molecular weight excluding hydrogens is 344 g/mol. The van der Waals surface area contributed by atoms with E-state index in [1.807, 2.05) is 25.2 Å². The number of hydrogen-bond donors (Lipinski definition) is 2. The number of furan rings is 1. The summed E-state index contributed by atoms with van der Waals surface area (Å²) in [6.07, 6.45) is 2.43. The van der Waals surface area contributed by atoms with Gasteiger partial charge in [-0.15, -0.1) is 0 Å². The van der Waals surface area contributed by atoms with E-state index >= 15 is 0 Å². The van der Waals surface area contributed by atoms with Gasteiger partial charge < -0.3 is 9.73 Å². The van der Waals surface area contributed by atoms with Crippen LogP contribution < -0.4 is 10.0 Å². The molecule has 0 saturated carbocycles. The second-order valence-electron chi connectivity index (χ2n) is 5.28. The Kier molecular flexibility index (Phi) is 5.03. The van der Waals surface area contributed by atoms with E-state index in [9.17, 15) is 8.42 Å². The summed E-state index contributed by atoms with van der Waals surface area (Å²) in [6, 6.07) is 10.9. The van der Waals surface area contributed by atoms with Gasteiger partial charge in [-0.25, -0.2) is 8.42 Å². The van der Waals surface area contributed by atoms with Crippen LogP contribution >= 0.6 is 11.3 Å². The van der Waals surface area contributed by atoms with E-state index < -0.39 is 10.0 Å². The molecule has 0 aliphatic rings. The van der Waals surface area contributed by atoms with Gasteiger partial charge >= 0.3 is 0 Å². The lowest BCUT2D eigenvalue weighted by Crippen LogP contribution is -2.13. The molecule has 0 aliphatic carbocycles. The van der Waals surface area contributed by atoms with Gasteiger partial charge in [-0.05, 0) is 61.3 Å². The largest absolute Gasteiger partial charge is 0.464 e. The maximum Gasteiger partial charge on any atom is 0.262 e. The van der Waals surface area contributed by atoms with Crippen molar-refractivity contribution >= 4 is 27.0 Å². The summed E-state index contributed by atoms with van der Waals surface area (Å²) in [7, 11) is -1.71. The molecule has 2 N–H and O–H groups in total. The van der Waals surface area contributed by atoms with Gasteiger partial charge in [0.25, 0.3) is 10.0 Å². The molecule has 5 nitrogen and oxygen atoms in total. The van der Waals surface area contributed by atoms with Gasteiger partial charge in [0, 0.05) is 10.9 Å². The highest BCUT2D eigenvalue weighted by Gasteiger charge is 2.18. The monoisotopic (exact) mass is 362 g/mol. The molecule has 126 valence electrons. The fraction of sp³-hybridized carbons (Fsp3) is 0.176. The highest BCUT2D eigenvalue weighted by Crippen LogP contribution is 2.31. The fourth-order valence-corrected chi connectivity index (χ4v) is 4.46. The van der Waals surface area contributed by atoms with Crippen LogP contribution in [0.15, 0.2) is 62.7 Å². The Morgan fingerprint density at radius 1 is 1.21 bits per heavy atom. The molecule has 3 rings (SSSR count). The number of rotatable bonds is 7. The predicted molar refractivity (Wildman–Crippen MR) is 96.9 cm³/mol. The Labute approximate surface area is 145 Å². The molecule has 0 amide bonds. The van der Waals surface area contributed by atoms with Crippen molar-refractivity contribution in [1.82, 2.24) is 5.32 Å².